The number of aromatic nitrogens is 2. The van der Waals surface area contributed by atoms with Gasteiger partial charge in [0.2, 0.25) is 6.35 Å². The Morgan fingerprint density at radius 3 is 2.59 bits per heavy atom. The van der Waals surface area contributed by atoms with Crippen molar-refractivity contribution in [3.63, 3.8) is 0 Å². The number of nitrogens with one attached hydrogen (secondary N) is 2. The molecule has 13 nitrogen and oxygen atoms in total. The van der Waals surface area contributed by atoms with Crippen LogP contribution in [0.5, 0.6) is 0 Å². The molecule has 1 aromatic rings. The van der Waals surface area contributed by atoms with Gasteiger partial charge in [-0.05, 0) is 20.3 Å². The minimum atomic E-state index is -1.09. The van der Waals surface area contributed by atoms with Gasteiger partial charge in [-0.25, -0.2) is 4.79 Å². The number of nitrogens with zero attached hydrogens (tertiary/aromatic N) is 2. The van der Waals surface area contributed by atoms with Crippen molar-refractivity contribution in [2.24, 2.45) is 5.73 Å². The van der Waals surface area contributed by atoms with Crippen LogP contribution in [0.3, 0.4) is 0 Å². The van der Waals surface area contributed by atoms with E-state index < -0.39 is 23.7 Å². The summed E-state index contributed by atoms with van der Waals surface area (Å²) < 4.78 is 18.3. The van der Waals surface area contributed by atoms with Crippen LogP contribution in [0.25, 0.3) is 0 Å². The average molecular weight is 486 g/mol. The molecule has 0 saturated heterocycles. The van der Waals surface area contributed by atoms with E-state index in [4.69, 9.17) is 25.1 Å². The second kappa shape index (κ2) is 14.0. The van der Waals surface area contributed by atoms with E-state index in [0.29, 0.717) is 24.1 Å². The van der Waals surface area contributed by atoms with Crippen LogP contribution in [0.2, 0.25) is 0 Å². The minimum absolute atomic E-state index is 0.0770. The summed E-state index contributed by atoms with van der Waals surface area (Å²) >= 11 is 0. The molecule has 1 aromatic heterocycles. The molecule has 0 spiro atoms. The van der Waals surface area contributed by atoms with E-state index in [1.54, 1.807) is 24.9 Å². The summed E-state index contributed by atoms with van der Waals surface area (Å²) in [6.45, 7) is 4.66. The summed E-state index contributed by atoms with van der Waals surface area (Å²) in [6, 6.07) is 0. The number of rotatable bonds is 15. The Balaban J connectivity index is 1.76. The summed E-state index contributed by atoms with van der Waals surface area (Å²) in [5.41, 5.74) is 5.68. The van der Waals surface area contributed by atoms with Gasteiger partial charge in [-0.15, -0.1) is 0 Å². The Labute approximate surface area is 197 Å². The van der Waals surface area contributed by atoms with Crippen LogP contribution in [-0.4, -0.2) is 95.3 Å². The van der Waals surface area contributed by atoms with Gasteiger partial charge in [0.25, 0.3) is 11.5 Å². The quantitative estimate of drug-likeness (QED) is 0.168. The first kappa shape index (κ1) is 27.7. The van der Waals surface area contributed by atoms with E-state index in [-0.39, 0.29) is 58.1 Å². The largest absolute Gasteiger partial charge is 0.394 e. The zero-order valence-corrected chi connectivity index (χ0v) is 19.6. The van der Waals surface area contributed by atoms with E-state index in [0.717, 1.165) is 0 Å². The van der Waals surface area contributed by atoms with Crippen molar-refractivity contribution in [2.45, 2.75) is 45.4 Å². The SMILES string of the molecule is CC1=CN(CC[C@@H](CN)OCCOCC(Cn2cc(C)c(=O)[nH]c2=O)OCCO)C(O)NC1=O. The first-order chi connectivity index (χ1) is 16.2. The molecule has 3 atom stereocenters. The first-order valence-electron chi connectivity index (χ1n) is 11.1. The highest BCUT2D eigenvalue weighted by atomic mass is 16.6. The lowest BCUT2D eigenvalue weighted by Crippen LogP contribution is -2.50. The van der Waals surface area contributed by atoms with E-state index in [9.17, 15) is 19.5 Å². The molecule has 1 amide bonds. The van der Waals surface area contributed by atoms with Gasteiger partial charge in [-0.1, -0.05) is 0 Å². The van der Waals surface area contributed by atoms with Crippen LogP contribution in [0.1, 0.15) is 18.9 Å². The Hall–Kier alpha value is -2.55. The van der Waals surface area contributed by atoms with E-state index in [1.165, 1.54) is 10.8 Å². The van der Waals surface area contributed by atoms with Crippen molar-refractivity contribution in [1.82, 2.24) is 19.8 Å². The predicted octanol–water partition coefficient (Wildman–Crippen LogP) is -2.42. The first-order valence-corrected chi connectivity index (χ1v) is 11.1. The fraction of sp³-hybridized carbons (Fsp3) is 0.667. The minimum Gasteiger partial charge on any atom is -0.394 e. The molecule has 0 saturated carbocycles. The van der Waals surface area contributed by atoms with Crippen LogP contribution < -0.4 is 22.3 Å². The van der Waals surface area contributed by atoms with Gasteiger partial charge in [0, 0.05) is 36.6 Å². The second-order valence-corrected chi connectivity index (χ2v) is 7.93. The number of amides is 1. The number of carbonyl (C=O) groups excluding carboxylic acids is 1. The number of aliphatic hydroxyl groups excluding tert-OH is 2. The summed E-state index contributed by atoms with van der Waals surface area (Å²) in [5.74, 6) is -0.311. The number of carbonyl (C=O) groups is 1. The Kier molecular flexibility index (Phi) is 11.4. The standard InChI is InChI=1S/C21H35N5O8/c1-14-10-25(20(30)23-18(14)28)4-3-16(9-22)34-8-7-32-13-17(33-6-5-27)12-26-11-15(2)19(29)24-21(26)31/h10-11,16-17,20,27,30H,3-9,12-13,22H2,1-2H3,(H,23,28)(H,24,29,31)/t16-,17?,20?/m0/s1. The molecule has 2 rings (SSSR count). The van der Waals surface area contributed by atoms with Crippen LogP contribution in [0.15, 0.2) is 27.6 Å². The molecule has 13 heteroatoms. The number of hydrogen-bond acceptors (Lipinski definition) is 10. The molecule has 0 aromatic carbocycles. The summed E-state index contributed by atoms with van der Waals surface area (Å²) in [4.78, 5) is 38.9. The summed E-state index contributed by atoms with van der Waals surface area (Å²) in [5, 5.41) is 21.4. The average Bonchev–Trinajstić information content (AvgIpc) is 2.80. The van der Waals surface area contributed by atoms with Gasteiger partial charge in [0.15, 0.2) is 0 Å². The van der Waals surface area contributed by atoms with E-state index in [2.05, 4.69) is 10.3 Å². The molecule has 1 aliphatic rings. The molecule has 0 radical (unpaired) electrons. The van der Waals surface area contributed by atoms with E-state index in [1.807, 2.05) is 0 Å². The third kappa shape index (κ3) is 8.66. The number of aromatic amines is 1. The fourth-order valence-electron chi connectivity index (χ4n) is 3.28. The monoisotopic (exact) mass is 485 g/mol. The van der Waals surface area contributed by atoms with Crippen molar-refractivity contribution in [2.75, 3.05) is 46.1 Å². The molecule has 2 heterocycles. The lowest BCUT2D eigenvalue weighted by Gasteiger charge is -2.32. The lowest BCUT2D eigenvalue weighted by atomic mass is 10.2. The maximum atomic E-state index is 12.0. The van der Waals surface area contributed by atoms with Crippen molar-refractivity contribution < 1.29 is 29.2 Å². The number of nitrogens with two attached hydrogens (primary N) is 1. The molecular formula is C21H35N5O8. The topological polar surface area (TPSA) is 181 Å². The number of hydrogen-bond donors (Lipinski definition) is 5. The Bertz CT molecular complexity index is 930. The Morgan fingerprint density at radius 2 is 1.88 bits per heavy atom. The molecule has 0 fully saturated rings. The smallest absolute Gasteiger partial charge is 0.328 e. The highest BCUT2D eigenvalue weighted by Crippen LogP contribution is 2.10. The molecule has 34 heavy (non-hydrogen) atoms. The highest BCUT2D eigenvalue weighted by Gasteiger charge is 2.23. The molecular weight excluding hydrogens is 450 g/mol. The van der Waals surface area contributed by atoms with Gasteiger partial charge in [-0.2, -0.15) is 0 Å². The van der Waals surface area contributed by atoms with Crippen LogP contribution >= 0.6 is 0 Å². The molecule has 6 N–H and O–H groups in total. The third-order valence-corrected chi connectivity index (χ3v) is 5.18. The number of aliphatic hydroxyl groups is 2. The maximum Gasteiger partial charge on any atom is 0.328 e. The molecule has 2 unspecified atom stereocenters. The van der Waals surface area contributed by atoms with Crippen LogP contribution in [0, 0.1) is 6.92 Å². The normalized spacial score (nSPS) is 17.9. The number of H-pyrrole nitrogens is 1. The highest BCUT2D eigenvalue weighted by molar-refractivity contribution is 5.93. The van der Waals surface area contributed by atoms with Gasteiger partial charge >= 0.3 is 5.69 Å². The van der Waals surface area contributed by atoms with Crippen molar-refractivity contribution >= 4 is 5.91 Å². The van der Waals surface area contributed by atoms with E-state index >= 15 is 0 Å². The molecule has 1 aliphatic heterocycles. The molecule has 0 bridgehead atoms. The third-order valence-electron chi connectivity index (χ3n) is 5.18. The fourth-order valence-corrected chi connectivity index (χ4v) is 3.28. The summed E-state index contributed by atoms with van der Waals surface area (Å²) in [7, 11) is 0. The van der Waals surface area contributed by atoms with Gasteiger partial charge in [0.1, 0.15) is 0 Å². The zero-order chi connectivity index (χ0) is 25.1. The molecule has 0 aliphatic carbocycles. The van der Waals surface area contributed by atoms with Crippen molar-refractivity contribution in [3.8, 4) is 0 Å². The van der Waals surface area contributed by atoms with Crippen molar-refractivity contribution in [3.05, 3.63) is 44.4 Å². The van der Waals surface area contributed by atoms with Crippen LogP contribution in [0.4, 0.5) is 0 Å². The lowest BCUT2D eigenvalue weighted by molar-refractivity contribution is -0.126. The van der Waals surface area contributed by atoms with Crippen LogP contribution in [-0.2, 0) is 25.5 Å². The Morgan fingerprint density at radius 1 is 1.15 bits per heavy atom. The number of ether oxygens (including phenoxy) is 3. The van der Waals surface area contributed by atoms with Gasteiger partial charge in [0.05, 0.1) is 51.8 Å². The maximum absolute atomic E-state index is 12.0. The molecule has 192 valence electrons. The zero-order valence-electron chi connectivity index (χ0n) is 19.6. The van der Waals surface area contributed by atoms with Crippen molar-refractivity contribution in [1.29, 1.82) is 0 Å². The summed E-state index contributed by atoms with van der Waals surface area (Å²) in [6.07, 6.45) is 1.70. The number of aryl methyl sites for hydroxylation is 1. The van der Waals surface area contributed by atoms with Gasteiger partial charge < -0.3 is 40.4 Å². The predicted molar refractivity (Wildman–Crippen MR) is 122 cm³/mol. The second-order valence-electron chi connectivity index (χ2n) is 7.93. The van der Waals surface area contributed by atoms with Gasteiger partial charge in [-0.3, -0.25) is 19.1 Å².